The Kier molecular flexibility index (Phi) is 2.24. The molecule has 0 atom stereocenters. The highest BCUT2D eigenvalue weighted by Crippen LogP contribution is 2.29. The van der Waals surface area contributed by atoms with Crippen molar-refractivity contribution in [2.24, 2.45) is 0 Å². The van der Waals surface area contributed by atoms with Crippen LogP contribution in [0.3, 0.4) is 0 Å². The Hall–Kier alpha value is -1.75. The maximum absolute atomic E-state index is 8.97. The van der Waals surface area contributed by atoms with Gasteiger partial charge in [0.05, 0.1) is 0 Å². The molecule has 1 aromatic carbocycles. The standard InChI is InChI=1S/C13H13NO/c1-4-10-11-6-8(2)5-9(3)13(11)15-12(10)7-14/h5-6H,4H2,1-3H3. The normalized spacial score (nSPS) is 10.5. The van der Waals surface area contributed by atoms with Crippen LogP contribution < -0.4 is 0 Å². The van der Waals surface area contributed by atoms with Crippen molar-refractivity contribution in [1.82, 2.24) is 0 Å². The highest BCUT2D eigenvalue weighted by Gasteiger charge is 2.13. The van der Waals surface area contributed by atoms with Gasteiger partial charge >= 0.3 is 0 Å². The number of benzene rings is 1. The fourth-order valence-electron chi connectivity index (χ4n) is 2.04. The zero-order valence-electron chi connectivity index (χ0n) is 9.22. The van der Waals surface area contributed by atoms with Gasteiger partial charge in [-0.05, 0) is 37.5 Å². The minimum atomic E-state index is 0.459. The molecule has 0 spiro atoms. The molecule has 0 unspecified atom stereocenters. The lowest BCUT2D eigenvalue weighted by Gasteiger charge is -1.98. The highest BCUT2D eigenvalue weighted by atomic mass is 16.3. The number of rotatable bonds is 1. The predicted octanol–water partition coefficient (Wildman–Crippen LogP) is 3.48. The second kappa shape index (κ2) is 3.43. The quantitative estimate of drug-likeness (QED) is 0.705. The van der Waals surface area contributed by atoms with Gasteiger partial charge in [0.1, 0.15) is 11.7 Å². The summed E-state index contributed by atoms with van der Waals surface area (Å²) in [5, 5.41) is 10.1. The summed E-state index contributed by atoms with van der Waals surface area (Å²) in [4.78, 5) is 0. The van der Waals surface area contributed by atoms with Crippen LogP contribution >= 0.6 is 0 Å². The molecule has 0 fully saturated rings. The summed E-state index contributed by atoms with van der Waals surface area (Å²) in [5.41, 5.74) is 4.19. The lowest BCUT2D eigenvalue weighted by atomic mass is 10.0. The van der Waals surface area contributed by atoms with Crippen molar-refractivity contribution in [3.05, 3.63) is 34.6 Å². The van der Waals surface area contributed by atoms with Crippen LogP contribution in [0, 0.1) is 25.2 Å². The van der Waals surface area contributed by atoms with E-state index < -0.39 is 0 Å². The first kappa shape index (κ1) is 9.79. The van der Waals surface area contributed by atoms with Gasteiger partial charge in [0, 0.05) is 10.9 Å². The number of hydrogen-bond donors (Lipinski definition) is 0. The third-order valence-corrected chi connectivity index (χ3v) is 2.68. The fraction of sp³-hybridized carbons (Fsp3) is 0.308. The third kappa shape index (κ3) is 1.41. The highest BCUT2D eigenvalue weighted by molar-refractivity contribution is 5.86. The Morgan fingerprint density at radius 3 is 2.67 bits per heavy atom. The van der Waals surface area contributed by atoms with Gasteiger partial charge in [-0.2, -0.15) is 5.26 Å². The van der Waals surface area contributed by atoms with Gasteiger partial charge in [-0.3, -0.25) is 0 Å². The van der Waals surface area contributed by atoms with Crippen molar-refractivity contribution in [2.45, 2.75) is 27.2 Å². The summed E-state index contributed by atoms with van der Waals surface area (Å²) in [6.07, 6.45) is 0.832. The molecular formula is C13H13NO. The summed E-state index contributed by atoms with van der Waals surface area (Å²) in [6.45, 7) is 6.12. The first-order valence-corrected chi connectivity index (χ1v) is 5.10. The van der Waals surface area contributed by atoms with E-state index >= 15 is 0 Å². The van der Waals surface area contributed by atoms with E-state index in [-0.39, 0.29) is 0 Å². The zero-order valence-corrected chi connectivity index (χ0v) is 9.22. The van der Waals surface area contributed by atoms with Crippen LogP contribution in [0.25, 0.3) is 11.0 Å². The molecule has 0 amide bonds. The molecule has 1 aromatic heterocycles. The lowest BCUT2D eigenvalue weighted by Crippen LogP contribution is -1.82. The minimum absolute atomic E-state index is 0.459. The van der Waals surface area contributed by atoms with Crippen LogP contribution in [0.1, 0.15) is 29.4 Å². The van der Waals surface area contributed by atoms with Crippen molar-refractivity contribution in [3.8, 4) is 6.07 Å². The van der Waals surface area contributed by atoms with Crippen molar-refractivity contribution < 1.29 is 4.42 Å². The molecule has 0 aliphatic rings. The summed E-state index contributed by atoms with van der Waals surface area (Å²) in [6, 6.07) is 6.28. The predicted molar refractivity (Wildman–Crippen MR) is 59.8 cm³/mol. The van der Waals surface area contributed by atoms with E-state index in [0.29, 0.717) is 5.76 Å². The van der Waals surface area contributed by atoms with Gasteiger partial charge in [-0.1, -0.05) is 13.0 Å². The van der Waals surface area contributed by atoms with Crippen LogP contribution in [0.5, 0.6) is 0 Å². The number of fused-ring (bicyclic) bond motifs is 1. The van der Waals surface area contributed by atoms with Gasteiger partial charge < -0.3 is 4.42 Å². The van der Waals surface area contributed by atoms with Gasteiger partial charge in [0.15, 0.2) is 0 Å². The van der Waals surface area contributed by atoms with Crippen LogP contribution in [0.15, 0.2) is 16.5 Å². The summed E-state index contributed by atoms with van der Waals surface area (Å²) < 4.78 is 5.56. The monoisotopic (exact) mass is 199 g/mol. The smallest absolute Gasteiger partial charge is 0.207 e. The van der Waals surface area contributed by atoms with E-state index in [1.807, 2.05) is 13.8 Å². The molecule has 0 saturated carbocycles. The number of furan rings is 1. The molecule has 0 radical (unpaired) electrons. The van der Waals surface area contributed by atoms with Gasteiger partial charge in [0.2, 0.25) is 5.76 Å². The lowest BCUT2D eigenvalue weighted by molar-refractivity contribution is 0.592. The van der Waals surface area contributed by atoms with E-state index in [2.05, 4.69) is 25.1 Å². The molecule has 76 valence electrons. The number of nitrogens with zero attached hydrogens (tertiary/aromatic N) is 1. The first-order valence-electron chi connectivity index (χ1n) is 5.10. The molecular weight excluding hydrogens is 186 g/mol. The zero-order chi connectivity index (χ0) is 11.0. The first-order chi connectivity index (χ1) is 7.17. The van der Waals surface area contributed by atoms with Crippen molar-refractivity contribution in [2.75, 3.05) is 0 Å². The number of hydrogen-bond acceptors (Lipinski definition) is 2. The summed E-state index contributed by atoms with van der Waals surface area (Å²) >= 11 is 0. The molecule has 0 saturated heterocycles. The molecule has 2 rings (SSSR count). The molecule has 0 bridgehead atoms. The number of aryl methyl sites for hydroxylation is 3. The van der Waals surface area contributed by atoms with Gasteiger partial charge in [0.25, 0.3) is 0 Å². The van der Waals surface area contributed by atoms with Crippen molar-refractivity contribution >= 4 is 11.0 Å². The molecule has 2 nitrogen and oxygen atoms in total. The van der Waals surface area contributed by atoms with Crippen LogP contribution in [0.2, 0.25) is 0 Å². The number of nitriles is 1. The van der Waals surface area contributed by atoms with Crippen LogP contribution in [-0.4, -0.2) is 0 Å². The Labute approximate surface area is 89.1 Å². The van der Waals surface area contributed by atoms with Gasteiger partial charge in [-0.15, -0.1) is 0 Å². The Balaban J connectivity index is 2.90. The second-order valence-electron chi connectivity index (χ2n) is 3.83. The Morgan fingerprint density at radius 2 is 2.07 bits per heavy atom. The Morgan fingerprint density at radius 1 is 1.33 bits per heavy atom. The molecule has 0 N–H and O–H groups in total. The van der Waals surface area contributed by atoms with Crippen LogP contribution in [-0.2, 0) is 6.42 Å². The molecule has 0 aliphatic heterocycles. The molecule has 1 heterocycles. The average molecular weight is 199 g/mol. The topological polar surface area (TPSA) is 36.9 Å². The van der Waals surface area contributed by atoms with E-state index in [1.54, 1.807) is 0 Å². The summed E-state index contributed by atoms with van der Waals surface area (Å²) in [7, 11) is 0. The average Bonchev–Trinajstić information content (AvgIpc) is 2.55. The Bertz CT molecular complexity index is 558. The minimum Gasteiger partial charge on any atom is -0.445 e. The maximum atomic E-state index is 8.97. The third-order valence-electron chi connectivity index (χ3n) is 2.68. The van der Waals surface area contributed by atoms with Gasteiger partial charge in [-0.25, -0.2) is 0 Å². The SMILES string of the molecule is CCc1c(C#N)oc2c(C)cc(C)cc12. The fourth-order valence-corrected chi connectivity index (χ4v) is 2.04. The van der Waals surface area contributed by atoms with Crippen LogP contribution in [0.4, 0.5) is 0 Å². The van der Waals surface area contributed by atoms with E-state index in [4.69, 9.17) is 9.68 Å². The van der Waals surface area contributed by atoms with Crippen molar-refractivity contribution in [3.63, 3.8) is 0 Å². The van der Waals surface area contributed by atoms with E-state index in [1.165, 1.54) is 5.56 Å². The largest absolute Gasteiger partial charge is 0.445 e. The van der Waals surface area contributed by atoms with E-state index in [9.17, 15) is 0 Å². The van der Waals surface area contributed by atoms with E-state index in [0.717, 1.165) is 28.5 Å². The maximum Gasteiger partial charge on any atom is 0.207 e. The van der Waals surface area contributed by atoms with Crippen molar-refractivity contribution in [1.29, 1.82) is 5.26 Å². The summed E-state index contributed by atoms with van der Waals surface area (Å²) in [5.74, 6) is 0.459. The molecule has 2 heteroatoms. The molecule has 15 heavy (non-hydrogen) atoms. The molecule has 2 aromatic rings. The molecule has 0 aliphatic carbocycles. The second-order valence-corrected chi connectivity index (χ2v) is 3.83.